The Labute approximate surface area is 151 Å². The minimum Gasteiger partial charge on any atom is -0.337 e. The molecule has 0 aromatic heterocycles. The molecule has 0 unspecified atom stereocenters. The highest BCUT2D eigenvalue weighted by Gasteiger charge is 2.12. The number of benzene rings is 2. The van der Waals surface area contributed by atoms with E-state index < -0.39 is 0 Å². The lowest BCUT2D eigenvalue weighted by Gasteiger charge is -2.18. The summed E-state index contributed by atoms with van der Waals surface area (Å²) in [7, 11) is 1.76. The van der Waals surface area contributed by atoms with E-state index in [0.29, 0.717) is 17.8 Å². The number of amides is 2. The van der Waals surface area contributed by atoms with Crippen LogP contribution in [0.25, 0.3) is 0 Å². The summed E-state index contributed by atoms with van der Waals surface area (Å²) in [5.41, 5.74) is 2.17. The first kappa shape index (κ1) is 18.6. The largest absolute Gasteiger partial charge is 0.337 e. The Morgan fingerprint density at radius 2 is 1.76 bits per heavy atom. The van der Waals surface area contributed by atoms with Crippen LogP contribution < -0.4 is 5.32 Å². The van der Waals surface area contributed by atoms with Crippen LogP contribution in [0, 0.1) is 11.3 Å². The molecule has 0 spiro atoms. The third-order valence-electron chi connectivity index (χ3n) is 3.58. The lowest BCUT2D eigenvalue weighted by Crippen LogP contribution is -2.26. The maximum absolute atomic E-state index is 12.5. The van der Waals surface area contributed by atoms with E-state index in [1.165, 1.54) is 4.90 Å². The van der Waals surface area contributed by atoms with Crippen LogP contribution in [0.1, 0.15) is 22.3 Å². The molecule has 1 N–H and O–H groups in total. The number of carbonyl (C=O) groups is 2. The summed E-state index contributed by atoms with van der Waals surface area (Å²) in [4.78, 5) is 26.7. The quantitative estimate of drug-likeness (QED) is 0.806. The summed E-state index contributed by atoms with van der Waals surface area (Å²) in [6, 6.07) is 16.5. The molecule has 0 aliphatic carbocycles. The lowest BCUT2D eigenvalue weighted by atomic mass is 10.1. The van der Waals surface area contributed by atoms with Gasteiger partial charge in [0.15, 0.2) is 0 Å². The molecule has 25 heavy (non-hydrogen) atoms. The first-order chi connectivity index (χ1) is 12.0. The van der Waals surface area contributed by atoms with Crippen LogP contribution in [0.4, 0.5) is 5.69 Å². The van der Waals surface area contributed by atoms with Crippen molar-refractivity contribution in [2.24, 2.45) is 0 Å². The van der Waals surface area contributed by atoms with E-state index in [9.17, 15) is 9.59 Å². The van der Waals surface area contributed by atoms with Crippen LogP contribution in [-0.4, -0.2) is 30.0 Å². The molecule has 0 aliphatic rings. The molecule has 2 rings (SSSR count). The van der Waals surface area contributed by atoms with Gasteiger partial charge in [-0.1, -0.05) is 12.1 Å². The van der Waals surface area contributed by atoms with Gasteiger partial charge in [0.05, 0.1) is 6.07 Å². The second kappa shape index (κ2) is 8.90. The smallest absolute Gasteiger partial charge is 0.253 e. The van der Waals surface area contributed by atoms with E-state index in [1.807, 2.05) is 30.5 Å². The molecule has 128 valence electrons. The maximum atomic E-state index is 12.5. The Hall–Kier alpha value is -2.78. The average molecular weight is 353 g/mol. The van der Waals surface area contributed by atoms with Gasteiger partial charge in [-0.05, 0) is 48.2 Å². The molecule has 0 heterocycles. The summed E-state index contributed by atoms with van der Waals surface area (Å²) < 4.78 is 0. The van der Waals surface area contributed by atoms with E-state index in [0.717, 1.165) is 5.56 Å². The van der Waals surface area contributed by atoms with E-state index in [1.54, 1.807) is 54.0 Å². The SMILES string of the molecule is CSc1ccc(CN(C)C(=O)c2ccc(NC(=O)CC#N)cc2)cc1. The van der Waals surface area contributed by atoms with Crippen molar-refractivity contribution in [2.75, 3.05) is 18.6 Å². The normalized spacial score (nSPS) is 9.96. The van der Waals surface area contributed by atoms with Crippen molar-refractivity contribution in [3.63, 3.8) is 0 Å². The first-order valence-electron chi connectivity index (χ1n) is 7.68. The zero-order chi connectivity index (χ0) is 18.2. The van der Waals surface area contributed by atoms with Gasteiger partial charge in [0.25, 0.3) is 5.91 Å². The molecule has 0 aliphatic heterocycles. The van der Waals surface area contributed by atoms with E-state index >= 15 is 0 Å². The molecule has 2 amide bonds. The van der Waals surface area contributed by atoms with Gasteiger partial charge in [-0.2, -0.15) is 5.26 Å². The molecular formula is C19H19N3O2S. The molecule has 2 aromatic rings. The number of nitriles is 1. The number of nitrogens with zero attached hydrogens (tertiary/aromatic N) is 2. The first-order valence-corrected chi connectivity index (χ1v) is 8.91. The van der Waals surface area contributed by atoms with Crippen molar-refractivity contribution in [3.05, 3.63) is 59.7 Å². The average Bonchev–Trinajstić information content (AvgIpc) is 2.62. The third kappa shape index (κ3) is 5.37. The summed E-state index contributed by atoms with van der Waals surface area (Å²) in [5.74, 6) is -0.462. The number of nitrogens with one attached hydrogen (secondary N) is 1. The van der Waals surface area contributed by atoms with Crippen molar-refractivity contribution >= 4 is 29.3 Å². The number of hydrogen-bond donors (Lipinski definition) is 1. The van der Waals surface area contributed by atoms with Crippen molar-refractivity contribution in [2.45, 2.75) is 17.9 Å². The number of carbonyl (C=O) groups excluding carboxylic acids is 2. The predicted octanol–water partition coefficient (Wildman–Crippen LogP) is 3.53. The van der Waals surface area contributed by atoms with Gasteiger partial charge >= 0.3 is 0 Å². The van der Waals surface area contributed by atoms with Crippen molar-refractivity contribution < 1.29 is 9.59 Å². The highest BCUT2D eigenvalue weighted by Crippen LogP contribution is 2.17. The summed E-state index contributed by atoms with van der Waals surface area (Å²) in [6.07, 6.45) is 1.83. The Kier molecular flexibility index (Phi) is 6.61. The standard InChI is InChI=1S/C19H19N3O2S/c1-22(13-14-3-9-17(25-2)10-4-14)19(24)15-5-7-16(8-6-15)21-18(23)11-12-20/h3-10H,11,13H2,1-2H3,(H,21,23). The molecule has 2 aromatic carbocycles. The van der Waals surface area contributed by atoms with Crippen LogP contribution in [0.15, 0.2) is 53.4 Å². The zero-order valence-corrected chi connectivity index (χ0v) is 15.0. The molecular weight excluding hydrogens is 334 g/mol. The van der Waals surface area contributed by atoms with Gasteiger partial charge in [-0.3, -0.25) is 9.59 Å². The Morgan fingerprint density at radius 1 is 1.12 bits per heavy atom. The fraction of sp³-hybridized carbons (Fsp3) is 0.211. The topological polar surface area (TPSA) is 73.2 Å². The number of rotatable bonds is 6. The van der Waals surface area contributed by atoms with Crippen molar-refractivity contribution in [1.29, 1.82) is 5.26 Å². The van der Waals surface area contributed by atoms with Crippen LogP contribution in [0.5, 0.6) is 0 Å². The number of anilines is 1. The highest BCUT2D eigenvalue weighted by molar-refractivity contribution is 7.98. The fourth-order valence-electron chi connectivity index (χ4n) is 2.27. The minimum absolute atomic E-state index is 0.0937. The maximum Gasteiger partial charge on any atom is 0.253 e. The zero-order valence-electron chi connectivity index (χ0n) is 14.2. The van der Waals surface area contributed by atoms with Crippen LogP contribution >= 0.6 is 11.8 Å². The van der Waals surface area contributed by atoms with Gasteiger partial charge in [0, 0.05) is 29.7 Å². The molecule has 6 heteroatoms. The van der Waals surface area contributed by atoms with E-state index in [4.69, 9.17) is 5.26 Å². The van der Waals surface area contributed by atoms with Gasteiger partial charge in [0.1, 0.15) is 6.42 Å². The lowest BCUT2D eigenvalue weighted by molar-refractivity contribution is -0.115. The van der Waals surface area contributed by atoms with Crippen LogP contribution in [0.3, 0.4) is 0 Å². The summed E-state index contributed by atoms with van der Waals surface area (Å²) in [6.45, 7) is 0.522. The molecule has 0 fully saturated rings. The second-order valence-corrected chi connectivity index (χ2v) is 6.35. The van der Waals surface area contributed by atoms with E-state index in [-0.39, 0.29) is 18.2 Å². The molecule has 0 radical (unpaired) electrons. The molecule has 5 nitrogen and oxygen atoms in total. The monoisotopic (exact) mass is 353 g/mol. The van der Waals surface area contributed by atoms with Gasteiger partial charge < -0.3 is 10.2 Å². The molecule has 0 saturated heterocycles. The van der Waals surface area contributed by atoms with Gasteiger partial charge in [-0.25, -0.2) is 0 Å². The molecule has 0 saturated carbocycles. The van der Waals surface area contributed by atoms with Crippen LogP contribution in [0.2, 0.25) is 0 Å². The minimum atomic E-state index is -0.368. The summed E-state index contributed by atoms with van der Waals surface area (Å²) in [5, 5.41) is 11.1. The number of thioether (sulfide) groups is 1. The Balaban J connectivity index is 1.98. The van der Waals surface area contributed by atoms with Crippen molar-refractivity contribution in [3.8, 4) is 6.07 Å². The highest BCUT2D eigenvalue weighted by atomic mass is 32.2. The van der Waals surface area contributed by atoms with Crippen LogP contribution in [-0.2, 0) is 11.3 Å². The fourth-order valence-corrected chi connectivity index (χ4v) is 2.68. The number of hydrogen-bond acceptors (Lipinski definition) is 4. The third-order valence-corrected chi connectivity index (χ3v) is 4.32. The Bertz CT molecular complexity index is 780. The predicted molar refractivity (Wildman–Crippen MR) is 99.3 cm³/mol. The Morgan fingerprint density at radius 3 is 2.32 bits per heavy atom. The summed E-state index contributed by atoms with van der Waals surface area (Å²) >= 11 is 1.68. The molecule has 0 atom stereocenters. The second-order valence-electron chi connectivity index (χ2n) is 5.47. The molecule has 0 bridgehead atoms. The van der Waals surface area contributed by atoms with Gasteiger partial charge in [0.2, 0.25) is 5.91 Å². The van der Waals surface area contributed by atoms with Crippen molar-refractivity contribution in [1.82, 2.24) is 4.90 Å². The van der Waals surface area contributed by atoms with Gasteiger partial charge in [-0.15, -0.1) is 11.8 Å². The van der Waals surface area contributed by atoms with E-state index in [2.05, 4.69) is 5.32 Å².